The molecule has 0 atom stereocenters. The first-order chi connectivity index (χ1) is 10.1. The van der Waals surface area contributed by atoms with E-state index in [9.17, 15) is 0 Å². The number of nitrogens with one attached hydrogen (secondary N) is 1. The van der Waals surface area contributed by atoms with Crippen LogP contribution in [-0.4, -0.2) is 9.97 Å². The molecule has 3 nitrogen and oxygen atoms in total. The number of rotatable bonds is 4. The maximum atomic E-state index is 5.98. The molecule has 0 aliphatic rings. The summed E-state index contributed by atoms with van der Waals surface area (Å²) in [6.07, 6.45) is 0. The lowest BCUT2D eigenvalue weighted by Crippen LogP contribution is -2.01. The van der Waals surface area contributed by atoms with Crippen molar-refractivity contribution >= 4 is 11.0 Å². The average molecular weight is 280 g/mol. The zero-order valence-corrected chi connectivity index (χ0v) is 12.7. The number of para-hydroxylation sites is 2. The summed E-state index contributed by atoms with van der Waals surface area (Å²) in [5, 5.41) is 0. The van der Waals surface area contributed by atoms with E-state index in [1.165, 1.54) is 11.1 Å². The Morgan fingerprint density at radius 1 is 1.14 bits per heavy atom. The standard InChI is InChI=1S/C18H20N2O/c1-12(2)14-10-13(3)8-9-17(14)21-11-18-19-15-6-4-5-7-16(15)20-18/h4-10,12H,11H2,1-3H3,(H,19,20). The third-order valence-corrected chi connectivity index (χ3v) is 3.59. The Morgan fingerprint density at radius 3 is 2.71 bits per heavy atom. The van der Waals surface area contributed by atoms with Gasteiger partial charge in [0.05, 0.1) is 11.0 Å². The lowest BCUT2D eigenvalue weighted by atomic mass is 10.00. The minimum absolute atomic E-state index is 0.440. The van der Waals surface area contributed by atoms with Crippen molar-refractivity contribution in [2.75, 3.05) is 0 Å². The normalized spacial score (nSPS) is 11.2. The molecule has 0 radical (unpaired) electrons. The summed E-state index contributed by atoms with van der Waals surface area (Å²) >= 11 is 0. The largest absolute Gasteiger partial charge is 0.485 e. The Balaban J connectivity index is 1.81. The van der Waals surface area contributed by atoms with Gasteiger partial charge in [-0.15, -0.1) is 0 Å². The van der Waals surface area contributed by atoms with Crippen molar-refractivity contribution in [1.29, 1.82) is 0 Å². The molecule has 0 unspecified atom stereocenters. The van der Waals surface area contributed by atoms with Gasteiger partial charge < -0.3 is 9.72 Å². The fourth-order valence-corrected chi connectivity index (χ4v) is 2.47. The highest BCUT2D eigenvalue weighted by molar-refractivity contribution is 5.74. The van der Waals surface area contributed by atoms with Crippen LogP contribution in [0.15, 0.2) is 42.5 Å². The van der Waals surface area contributed by atoms with Crippen LogP contribution in [0.25, 0.3) is 11.0 Å². The van der Waals surface area contributed by atoms with Crippen LogP contribution < -0.4 is 4.74 Å². The predicted molar refractivity (Wildman–Crippen MR) is 85.7 cm³/mol. The molecule has 1 aromatic heterocycles. The first-order valence-corrected chi connectivity index (χ1v) is 7.30. The summed E-state index contributed by atoms with van der Waals surface area (Å²) in [4.78, 5) is 7.83. The number of aromatic nitrogens is 2. The first-order valence-electron chi connectivity index (χ1n) is 7.30. The monoisotopic (exact) mass is 280 g/mol. The number of H-pyrrole nitrogens is 1. The molecule has 2 aromatic carbocycles. The third kappa shape index (κ3) is 2.92. The van der Waals surface area contributed by atoms with Gasteiger partial charge in [0.15, 0.2) is 0 Å². The number of hydrogen-bond donors (Lipinski definition) is 1. The topological polar surface area (TPSA) is 37.9 Å². The molecule has 0 aliphatic carbocycles. The van der Waals surface area contributed by atoms with Gasteiger partial charge in [-0.05, 0) is 36.6 Å². The zero-order chi connectivity index (χ0) is 14.8. The predicted octanol–water partition coefficient (Wildman–Crippen LogP) is 4.57. The highest BCUT2D eigenvalue weighted by atomic mass is 16.5. The number of hydrogen-bond acceptors (Lipinski definition) is 2. The number of fused-ring (bicyclic) bond motifs is 1. The lowest BCUT2D eigenvalue weighted by Gasteiger charge is -2.14. The molecule has 21 heavy (non-hydrogen) atoms. The molecule has 0 amide bonds. The van der Waals surface area contributed by atoms with E-state index in [1.54, 1.807) is 0 Å². The summed E-state index contributed by atoms with van der Waals surface area (Å²) in [6, 6.07) is 14.3. The van der Waals surface area contributed by atoms with Gasteiger partial charge in [-0.25, -0.2) is 4.98 Å². The number of aromatic amines is 1. The van der Waals surface area contributed by atoms with Gasteiger partial charge in [0.25, 0.3) is 0 Å². The van der Waals surface area contributed by atoms with Crippen LogP contribution in [0.2, 0.25) is 0 Å². The van der Waals surface area contributed by atoms with E-state index in [2.05, 4.69) is 42.9 Å². The summed E-state index contributed by atoms with van der Waals surface area (Å²) in [7, 11) is 0. The van der Waals surface area contributed by atoms with E-state index in [0.29, 0.717) is 12.5 Å². The van der Waals surface area contributed by atoms with Crippen molar-refractivity contribution in [2.45, 2.75) is 33.3 Å². The molecular weight excluding hydrogens is 260 g/mol. The van der Waals surface area contributed by atoms with E-state index in [-0.39, 0.29) is 0 Å². The van der Waals surface area contributed by atoms with Gasteiger partial charge in [-0.2, -0.15) is 0 Å². The maximum Gasteiger partial charge on any atom is 0.146 e. The molecule has 1 heterocycles. The molecular formula is C18H20N2O. The van der Waals surface area contributed by atoms with Crippen molar-refractivity contribution in [1.82, 2.24) is 9.97 Å². The van der Waals surface area contributed by atoms with Crippen molar-refractivity contribution in [3.05, 3.63) is 59.4 Å². The fraction of sp³-hybridized carbons (Fsp3) is 0.278. The average Bonchev–Trinajstić information content (AvgIpc) is 2.88. The number of aryl methyl sites for hydroxylation is 1. The molecule has 0 bridgehead atoms. The Hall–Kier alpha value is -2.29. The van der Waals surface area contributed by atoms with E-state index in [0.717, 1.165) is 22.6 Å². The number of ether oxygens (including phenoxy) is 1. The number of imidazole rings is 1. The molecule has 0 saturated heterocycles. The smallest absolute Gasteiger partial charge is 0.146 e. The quantitative estimate of drug-likeness (QED) is 0.760. The van der Waals surface area contributed by atoms with Gasteiger partial charge >= 0.3 is 0 Å². The van der Waals surface area contributed by atoms with Crippen molar-refractivity contribution in [2.24, 2.45) is 0 Å². The third-order valence-electron chi connectivity index (χ3n) is 3.59. The molecule has 1 N–H and O–H groups in total. The molecule has 0 aliphatic heterocycles. The van der Waals surface area contributed by atoms with Crippen LogP contribution in [-0.2, 0) is 6.61 Å². The Labute approximate surface area is 125 Å². The molecule has 108 valence electrons. The van der Waals surface area contributed by atoms with Crippen molar-refractivity contribution in [3.63, 3.8) is 0 Å². The van der Waals surface area contributed by atoms with Crippen LogP contribution in [0.3, 0.4) is 0 Å². The second-order valence-electron chi connectivity index (χ2n) is 5.69. The number of nitrogens with zero attached hydrogens (tertiary/aromatic N) is 1. The SMILES string of the molecule is Cc1ccc(OCc2nc3ccccc3[nH]2)c(C(C)C)c1. The van der Waals surface area contributed by atoms with Gasteiger partial charge in [0.2, 0.25) is 0 Å². The van der Waals surface area contributed by atoms with Gasteiger partial charge in [-0.1, -0.05) is 43.7 Å². The minimum Gasteiger partial charge on any atom is -0.485 e. The van der Waals surface area contributed by atoms with E-state index < -0.39 is 0 Å². The van der Waals surface area contributed by atoms with Crippen LogP contribution in [0.5, 0.6) is 5.75 Å². The highest BCUT2D eigenvalue weighted by Crippen LogP contribution is 2.28. The second kappa shape index (κ2) is 5.60. The van der Waals surface area contributed by atoms with Crippen LogP contribution in [0.4, 0.5) is 0 Å². The Bertz CT molecular complexity index is 726. The van der Waals surface area contributed by atoms with Crippen LogP contribution >= 0.6 is 0 Å². The van der Waals surface area contributed by atoms with Crippen molar-refractivity contribution < 1.29 is 4.74 Å². The van der Waals surface area contributed by atoms with Gasteiger partial charge in [0, 0.05) is 0 Å². The molecule has 3 rings (SSSR count). The summed E-state index contributed by atoms with van der Waals surface area (Å²) in [5.41, 5.74) is 4.52. The first kappa shape index (κ1) is 13.7. The molecule has 0 fully saturated rings. The van der Waals surface area contributed by atoms with Gasteiger partial charge in [0.1, 0.15) is 18.2 Å². The van der Waals surface area contributed by atoms with Crippen molar-refractivity contribution in [3.8, 4) is 5.75 Å². The maximum absolute atomic E-state index is 5.98. The zero-order valence-electron chi connectivity index (χ0n) is 12.7. The molecule has 3 heteroatoms. The van der Waals surface area contributed by atoms with Crippen LogP contribution in [0.1, 0.15) is 36.7 Å². The highest BCUT2D eigenvalue weighted by Gasteiger charge is 2.09. The van der Waals surface area contributed by atoms with E-state index >= 15 is 0 Å². The summed E-state index contributed by atoms with van der Waals surface area (Å²) < 4.78 is 5.98. The summed E-state index contributed by atoms with van der Waals surface area (Å²) in [6.45, 7) is 6.93. The fourth-order valence-electron chi connectivity index (χ4n) is 2.47. The molecule has 0 saturated carbocycles. The van der Waals surface area contributed by atoms with E-state index in [1.807, 2.05) is 30.3 Å². The van der Waals surface area contributed by atoms with Crippen LogP contribution in [0, 0.1) is 6.92 Å². The van der Waals surface area contributed by atoms with E-state index in [4.69, 9.17) is 4.74 Å². The lowest BCUT2D eigenvalue weighted by molar-refractivity contribution is 0.293. The second-order valence-corrected chi connectivity index (χ2v) is 5.69. The summed E-state index contributed by atoms with van der Waals surface area (Å²) in [5.74, 6) is 2.23. The Morgan fingerprint density at radius 2 is 1.95 bits per heavy atom. The number of benzene rings is 2. The Kier molecular flexibility index (Phi) is 3.65. The molecule has 0 spiro atoms. The van der Waals surface area contributed by atoms with Gasteiger partial charge in [-0.3, -0.25) is 0 Å². The molecule has 3 aromatic rings. The minimum atomic E-state index is 0.440.